The highest BCUT2D eigenvalue weighted by molar-refractivity contribution is 7.93. The number of hydrogen-bond donors (Lipinski definition) is 1. The van der Waals surface area contributed by atoms with E-state index in [-0.39, 0.29) is 17.3 Å². The summed E-state index contributed by atoms with van der Waals surface area (Å²) in [5.41, 5.74) is 1.24. The van der Waals surface area contributed by atoms with E-state index in [9.17, 15) is 17.6 Å². The summed E-state index contributed by atoms with van der Waals surface area (Å²) in [7, 11) is -3.92. The van der Waals surface area contributed by atoms with Crippen LogP contribution in [0.3, 0.4) is 0 Å². The second-order valence-electron chi connectivity index (χ2n) is 8.47. The van der Waals surface area contributed by atoms with Crippen LogP contribution in [-0.2, 0) is 14.8 Å². The van der Waals surface area contributed by atoms with Crippen LogP contribution in [0.15, 0.2) is 47.4 Å². The van der Waals surface area contributed by atoms with E-state index in [1.54, 1.807) is 18.2 Å². The Bertz CT molecular complexity index is 1090. The monoisotopic (exact) mass is 459 g/mol. The number of amides is 1. The standard InChI is InChI=1S/C24H30FN3O3S/c1-2-19-8-5-6-14-27(19)15-7-13-26-24(29)17-28-22-12-11-18(25)16-21(22)20-9-3-4-10-23(20)32(28,30)31/h3-4,9-12,16,19H,2,5-8,13-15,17H2,1H3,(H,26,29)/t19-/m1/s1. The molecule has 0 unspecified atom stereocenters. The summed E-state index contributed by atoms with van der Waals surface area (Å²) in [6, 6.07) is 11.1. The van der Waals surface area contributed by atoms with Gasteiger partial charge < -0.3 is 10.2 Å². The maximum absolute atomic E-state index is 13.9. The van der Waals surface area contributed by atoms with E-state index in [4.69, 9.17) is 0 Å². The van der Waals surface area contributed by atoms with Crippen molar-refractivity contribution < 1.29 is 17.6 Å². The number of carbonyl (C=O) groups is 1. The Hall–Kier alpha value is -2.45. The zero-order valence-electron chi connectivity index (χ0n) is 18.4. The van der Waals surface area contributed by atoms with Gasteiger partial charge >= 0.3 is 0 Å². The SMILES string of the molecule is CC[C@@H]1CCCCN1CCCNC(=O)CN1c2ccc(F)cc2-c2ccccc2S1(=O)=O. The van der Waals surface area contributed by atoms with Crippen molar-refractivity contribution in [3.63, 3.8) is 0 Å². The molecule has 0 aliphatic carbocycles. The van der Waals surface area contributed by atoms with Gasteiger partial charge in [0.1, 0.15) is 12.4 Å². The van der Waals surface area contributed by atoms with Gasteiger partial charge in [0, 0.05) is 30.3 Å². The molecule has 2 aliphatic rings. The topological polar surface area (TPSA) is 69.7 Å². The Morgan fingerprint density at radius 3 is 2.78 bits per heavy atom. The molecule has 2 aromatic rings. The predicted octanol–water partition coefficient (Wildman–Crippen LogP) is 3.77. The van der Waals surface area contributed by atoms with Gasteiger partial charge in [-0.05, 0) is 56.5 Å². The van der Waals surface area contributed by atoms with Gasteiger partial charge in [-0.15, -0.1) is 0 Å². The van der Waals surface area contributed by atoms with E-state index in [0.29, 0.717) is 29.4 Å². The van der Waals surface area contributed by atoms with Gasteiger partial charge in [0.25, 0.3) is 10.0 Å². The van der Waals surface area contributed by atoms with Crippen LogP contribution in [0.4, 0.5) is 10.1 Å². The normalized spacial score (nSPS) is 19.8. The summed E-state index contributed by atoms with van der Waals surface area (Å²) >= 11 is 0. The molecule has 8 heteroatoms. The molecule has 0 spiro atoms. The predicted molar refractivity (Wildman–Crippen MR) is 123 cm³/mol. The van der Waals surface area contributed by atoms with Gasteiger partial charge in [0.05, 0.1) is 10.6 Å². The van der Waals surface area contributed by atoms with Gasteiger partial charge in [-0.3, -0.25) is 9.10 Å². The van der Waals surface area contributed by atoms with Gasteiger partial charge in [-0.1, -0.05) is 31.5 Å². The van der Waals surface area contributed by atoms with Crippen molar-refractivity contribution in [1.82, 2.24) is 10.2 Å². The minimum Gasteiger partial charge on any atom is -0.354 e. The number of fused-ring (bicyclic) bond motifs is 3. The van der Waals surface area contributed by atoms with Crippen molar-refractivity contribution in [1.29, 1.82) is 0 Å². The number of anilines is 1. The number of rotatable bonds is 7. The van der Waals surface area contributed by atoms with E-state index >= 15 is 0 Å². The maximum Gasteiger partial charge on any atom is 0.265 e. The van der Waals surface area contributed by atoms with Crippen molar-refractivity contribution in [2.75, 3.05) is 30.5 Å². The minimum atomic E-state index is -3.92. The number of benzene rings is 2. The highest BCUT2D eigenvalue weighted by atomic mass is 32.2. The quantitative estimate of drug-likeness (QED) is 0.640. The highest BCUT2D eigenvalue weighted by Crippen LogP contribution is 2.42. The average molecular weight is 460 g/mol. The first kappa shape index (κ1) is 22.7. The molecule has 172 valence electrons. The Morgan fingerprint density at radius 2 is 1.97 bits per heavy atom. The van der Waals surface area contributed by atoms with Gasteiger partial charge in [0.2, 0.25) is 5.91 Å². The van der Waals surface area contributed by atoms with Crippen LogP contribution in [-0.4, -0.2) is 51.4 Å². The molecular formula is C24H30FN3O3S. The van der Waals surface area contributed by atoms with E-state index in [1.165, 1.54) is 43.5 Å². The zero-order valence-corrected chi connectivity index (χ0v) is 19.2. The van der Waals surface area contributed by atoms with E-state index in [0.717, 1.165) is 30.2 Å². The molecule has 2 aliphatic heterocycles. The van der Waals surface area contributed by atoms with Gasteiger partial charge in [0.15, 0.2) is 0 Å². The number of likely N-dealkylation sites (tertiary alicyclic amines) is 1. The van der Waals surface area contributed by atoms with E-state index in [2.05, 4.69) is 17.1 Å². The Balaban J connectivity index is 1.43. The fourth-order valence-corrected chi connectivity index (χ4v) is 6.44. The minimum absolute atomic E-state index is 0.0848. The lowest BCUT2D eigenvalue weighted by Gasteiger charge is -2.35. The molecule has 4 rings (SSSR count). The second-order valence-corrected chi connectivity index (χ2v) is 10.3. The van der Waals surface area contributed by atoms with Gasteiger partial charge in [-0.25, -0.2) is 12.8 Å². The zero-order chi connectivity index (χ0) is 22.7. The third-order valence-electron chi connectivity index (χ3n) is 6.42. The van der Waals surface area contributed by atoms with Crippen molar-refractivity contribution in [3.8, 4) is 11.1 Å². The summed E-state index contributed by atoms with van der Waals surface area (Å²) in [6.45, 7) is 4.40. The molecule has 32 heavy (non-hydrogen) atoms. The molecule has 1 atom stereocenters. The Morgan fingerprint density at radius 1 is 1.16 bits per heavy atom. The number of nitrogens with zero attached hydrogens (tertiary/aromatic N) is 2. The number of piperidine rings is 1. The summed E-state index contributed by atoms with van der Waals surface area (Å²) in [5, 5.41) is 2.86. The lowest BCUT2D eigenvalue weighted by Crippen LogP contribution is -2.44. The number of sulfonamides is 1. The number of hydrogen-bond acceptors (Lipinski definition) is 4. The molecule has 6 nitrogen and oxygen atoms in total. The van der Waals surface area contributed by atoms with Crippen LogP contribution in [0.5, 0.6) is 0 Å². The molecule has 1 saturated heterocycles. The lowest BCUT2D eigenvalue weighted by molar-refractivity contribution is -0.119. The summed E-state index contributed by atoms with van der Waals surface area (Å²) < 4.78 is 41.5. The van der Waals surface area contributed by atoms with Crippen molar-refractivity contribution in [2.45, 2.75) is 50.0 Å². The van der Waals surface area contributed by atoms with Crippen LogP contribution in [0.2, 0.25) is 0 Å². The second kappa shape index (κ2) is 9.58. The first-order valence-electron chi connectivity index (χ1n) is 11.3. The molecule has 2 aromatic carbocycles. The fraction of sp³-hybridized carbons (Fsp3) is 0.458. The van der Waals surface area contributed by atoms with Crippen molar-refractivity contribution in [3.05, 3.63) is 48.3 Å². The highest BCUT2D eigenvalue weighted by Gasteiger charge is 2.36. The first-order chi connectivity index (χ1) is 15.4. The fourth-order valence-electron chi connectivity index (χ4n) is 4.79. The first-order valence-corrected chi connectivity index (χ1v) is 12.8. The largest absolute Gasteiger partial charge is 0.354 e. The molecule has 0 radical (unpaired) electrons. The van der Waals surface area contributed by atoms with Crippen molar-refractivity contribution in [2.24, 2.45) is 0 Å². The van der Waals surface area contributed by atoms with Crippen molar-refractivity contribution >= 4 is 21.6 Å². The molecule has 0 bridgehead atoms. The van der Waals surface area contributed by atoms with E-state index < -0.39 is 15.8 Å². The smallest absolute Gasteiger partial charge is 0.265 e. The summed E-state index contributed by atoms with van der Waals surface area (Å²) in [4.78, 5) is 15.2. The molecule has 2 heterocycles. The van der Waals surface area contributed by atoms with Crippen LogP contribution in [0.1, 0.15) is 39.0 Å². The summed E-state index contributed by atoms with van der Waals surface area (Å²) in [6.07, 6.45) is 5.69. The lowest BCUT2D eigenvalue weighted by atomic mass is 10.00. The molecular weight excluding hydrogens is 429 g/mol. The molecule has 0 aromatic heterocycles. The number of halogens is 1. The summed E-state index contributed by atoms with van der Waals surface area (Å²) in [5.74, 6) is -0.820. The van der Waals surface area contributed by atoms with Crippen LogP contribution < -0.4 is 9.62 Å². The third-order valence-corrected chi connectivity index (χ3v) is 8.24. The van der Waals surface area contributed by atoms with Crippen LogP contribution >= 0.6 is 0 Å². The van der Waals surface area contributed by atoms with E-state index in [1.807, 2.05) is 0 Å². The molecule has 1 fully saturated rings. The molecule has 0 saturated carbocycles. The van der Waals surface area contributed by atoms with Crippen LogP contribution in [0, 0.1) is 5.82 Å². The van der Waals surface area contributed by atoms with Gasteiger partial charge in [-0.2, -0.15) is 0 Å². The molecule has 1 amide bonds. The Labute approximate surface area is 189 Å². The maximum atomic E-state index is 13.9. The third kappa shape index (κ3) is 4.52. The number of nitrogens with one attached hydrogen (secondary N) is 1. The van der Waals surface area contributed by atoms with Crippen LogP contribution in [0.25, 0.3) is 11.1 Å². The molecule has 1 N–H and O–H groups in total. The average Bonchev–Trinajstić information content (AvgIpc) is 2.80. The Kier molecular flexibility index (Phi) is 6.81. The number of carbonyl (C=O) groups excluding carboxylic acids is 1.